The quantitative estimate of drug-likeness (QED) is 0.289. The molecule has 1 aliphatic heterocycles. The second kappa shape index (κ2) is 8.88. The van der Waals surface area contributed by atoms with Crippen LogP contribution in [0.1, 0.15) is 27.4 Å². The van der Waals surface area contributed by atoms with E-state index in [2.05, 4.69) is 22.0 Å². The molecule has 5 nitrogen and oxygen atoms in total. The number of nitrogens with zero attached hydrogens (tertiary/aromatic N) is 1. The average Bonchev–Trinajstić information content (AvgIpc) is 2.78. The third kappa shape index (κ3) is 4.31. The normalized spacial score (nSPS) is 14.9. The van der Waals surface area contributed by atoms with Gasteiger partial charge in [0.05, 0.1) is 11.5 Å². The maximum absolute atomic E-state index is 12.4. The third-order valence-corrected chi connectivity index (χ3v) is 6.20. The van der Waals surface area contributed by atoms with Gasteiger partial charge in [0.15, 0.2) is 0 Å². The van der Waals surface area contributed by atoms with E-state index < -0.39 is 5.97 Å². The molecule has 1 aliphatic rings. The van der Waals surface area contributed by atoms with Crippen LogP contribution in [-0.2, 0) is 0 Å². The van der Waals surface area contributed by atoms with Crippen LogP contribution in [0, 0.1) is 11.3 Å². The highest BCUT2D eigenvalue weighted by Crippen LogP contribution is 2.43. The smallest absolute Gasteiger partial charge is 0.343 e. The standard InChI is InChI=1S/C24H17BrN2O3S/c1-31-18-9-4-14(5-10-18)22-19-11-8-17(12-21(19)30-23(27)20(22)13-26)29-24(28)15-2-6-16(25)7-3-15/h2-12,22H,27H2,1H3. The first-order chi connectivity index (χ1) is 15.0. The number of nitrogens with two attached hydrogens (primary N) is 1. The molecule has 1 atom stereocenters. The first-order valence-corrected chi connectivity index (χ1v) is 11.3. The van der Waals surface area contributed by atoms with Crippen molar-refractivity contribution >= 4 is 33.7 Å². The molecule has 0 spiro atoms. The van der Waals surface area contributed by atoms with Crippen LogP contribution >= 0.6 is 27.7 Å². The highest BCUT2D eigenvalue weighted by molar-refractivity contribution is 9.10. The summed E-state index contributed by atoms with van der Waals surface area (Å²) >= 11 is 4.99. The molecule has 0 saturated heterocycles. The van der Waals surface area contributed by atoms with Crippen molar-refractivity contribution in [3.05, 3.63) is 99.3 Å². The lowest BCUT2D eigenvalue weighted by molar-refractivity contribution is 0.0734. The van der Waals surface area contributed by atoms with Gasteiger partial charge in [-0.2, -0.15) is 5.26 Å². The van der Waals surface area contributed by atoms with E-state index in [9.17, 15) is 10.1 Å². The minimum absolute atomic E-state index is 0.0466. The fourth-order valence-corrected chi connectivity index (χ4v) is 4.06. The summed E-state index contributed by atoms with van der Waals surface area (Å²) in [6.45, 7) is 0. The van der Waals surface area contributed by atoms with E-state index in [1.807, 2.05) is 30.5 Å². The molecule has 0 aliphatic carbocycles. The van der Waals surface area contributed by atoms with Crippen molar-refractivity contribution in [3.63, 3.8) is 0 Å². The van der Waals surface area contributed by atoms with Crippen LogP contribution < -0.4 is 15.2 Å². The molecule has 3 aromatic rings. The van der Waals surface area contributed by atoms with Gasteiger partial charge in [-0.05, 0) is 54.3 Å². The molecular weight excluding hydrogens is 476 g/mol. The molecule has 0 bridgehead atoms. The van der Waals surface area contributed by atoms with Gasteiger partial charge >= 0.3 is 5.97 Å². The Morgan fingerprint density at radius 3 is 2.48 bits per heavy atom. The summed E-state index contributed by atoms with van der Waals surface area (Å²) < 4.78 is 12.1. The Morgan fingerprint density at radius 1 is 1.13 bits per heavy atom. The maximum Gasteiger partial charge on any atom is 0.343 e. The number of esters is 1. The van der Waals surface area contributed by atoms with Crippen LogP contribution in [0.4, 0.5) is 0 Å². The number of thioether (sulfide) groups is 1. The summed E-state index contributed by atoms with van der Waals surface area (Å²) in [7, 11) is 0. The minimum Gasteiger partial charge on any atom is -0.440 e. The van der Waals surface area contributed by atoms with Crippen molar-refractivity contribution in [2.24, 2.45) is 5.73 Å². The van der Waals surface area contributed by atoms with Crippen LogP contribution in [0.25, 0.3) is 0 Å². The van der Waals surface area contributed by atoms with Crippen molar-refractivity contribution in [1.29, 1.82) is 5.26 Å². The van der Waals surface area contributed by atoms with E-state index >= 15 is 0 Å². The van der Waals surface area contributed by atoms with Crippen molar-refractivity contribution in [3.8, 4) is 17.6 Å². The highest BCUT2D eigenvalue weighted by Gasteiger charge is 2.31. The summed E-state index contributed by atoms with van der Waals surface area (Å²) in [6, 6.07) is 22.2. The number of rotatable bonds is 4. The molecule has 0 saturated carbocycles. The number of carbonyl (C=O) groups excluding carboxylic acids is 1. The molecule has 3 aromatic carbocycles. The molecule has 0 amide bonds. The molecule has 1 heterocycles. The van der Waals surface area contributed by atoms with Crippen LogP contribution in [0.15, 0.2) is 87.6 Å². The number of ether oxygens (including phenoxy) is 2. The van der Waals surface area contributed by atoms with Gasteiger partial charge in [-0.15, -0.1) is 11.8 Å². The number of allylic oxidation sites excluding steroid dienone is 1. The maximum atomic E-state index is 12.4. The number of hydrogen-bond donors (Lipinski definition) is 1. The van der Waals surface area contributed by atoms with Crippen LogP contribution in [0.2, 0.25) is 0 Å². The van der Waals surface area contributed by atoms with Crippen molar-refractivity contribution in [2.75, 3.05) is 6.26 Å². The van der Waals surface area contributed by atoms with E-state index in [0.717, 1.165) is 20.5 Å². The Bertz CT molecular complexity index is 1220. The van der Waals surface area contributed by atoms with Crippen molar-refractivity contribution < 1.29 is 14.3 Å². The third-order valence-electron chi connectivity index (χ3n) is 4.93. The van der Waals surface area contributed by atoms with Gasteiger partial charge in [-0.25, -0.2) is 4.79 Å². The number of nitriles is 1. The lowest BCUT2D eigenvalue weighted by atomic mass is 9.83. The molecule has 7 heteroatoms. The Hall–Kier alpha value is -3.21. The zero-order valence-electron chi connectivity index (χ0n) is 16.5. The Balaban J connectivity index is 1.67. The fourth-order valence-electron chi connectivity index (χ4n) is 3.39. The molecular formula is C24H17BrN2O3S. The molecule has 0 radical (unpaired) electrons. The van der Waals surface area contributed by atoms with Crippen molar-refractivity contribution in [1.82, 2.24) is 0 Å². The highest BCUT2D eigenvalue weighted by atomic mass is 79.9. The van der Waals surface area contributed by atoms with Gasteiger partial charge < -0.3 is 15.2 Å². The molecule has 0 fully saturated rings. The molecule has 0 aromatic heterocycles. The first kappa shape index (κ1) is 21.0. The van der Waals surface area contributed by atoms with E-state index in [1.54, 1.807) is 54.2 Å². The molecule has 31 heavy (non-hydrogen) atoms. The number of carbonyl (C=O) groups is 1. The Kier molecular flexibility index (Phi) is 6.03. The summed E-state index contributed by atoms with van der Waals surface area (Å²) in [5.41, 5.74) is 8.56. The summed E-state index contributed by atoms with van der Waals surface area (Å²) in [5.74, 6) is -0.00666. The van der Waals surface area contributed by atoms with E-state index in [0.29, 0.717) is 22.6 Å². The van der Waals surface area contributed by atoms with Crippen molar-refractivity contribution in [2.45, 2.75) is 10.8 Å². The SMILES string of the molecule is CSc1ccc(C2C(C#N)=C(N)Oc3cc(OC(=O)c4ccc(Br)cc4)ccc32)cc1. The van der Waals surface area contributed by atoms with Gasteiger partial charge in [0.25, 0.3) is 0 Å². The largest absolute Gasteiger partial charge is 0.440 e. The summed E-state index contributed by atoms with van der Waals surface area (Å²) in [4.78, 5) is 13.6. The van der Waals surface area contributed by atoms with E-state index in [1.165, 1.54) is 0 Å². The van der Waals surface area contributed by atoms with Gasteiger partial charge in [-0.3, -0.25) is 0 Å². The lowest BCUT2D eigenvalue weighted by Crippen LogP contribution is -2.21. The minimum atomic E-state index is -0.478. The number of fused-ring (bicyclic) bond motifs is 1. The number of hydrogen-bond acceptors (Lipinski definition) is 6. The number of benzene rings is 3. The Morgan fingerprint density at radius 2 is 1.84 bits per heavy atom. The average molecular weight is 493 g/mol. The van der Waals surface area contributed by atoms with Crippen LogP contribution in [-0.4, -0.2) is 12.2 Å². The second-order valence-corrected chi connectivity index (χ2v) is 8.59. The molecule has 2 N–H and O–H groups in total. The fraction of sp³-hybridized carbons (Fsp3) is 0.0833. The summed E-state index contributed by atoms with van der Waals surface area (Å²) in [5, 5.41) is 9.69. The Labute approximate surface area is 192 Å². The predicted octanol–water partition coefficient (Wildman–Crippen LogP) is 5.61. The zero-order valence-corrected chi connectivity index (χ0v) is 18.9. The van der Waals surface area contributed by atoms with Gasteiger partial charge in [-0.1, -0.05) is 34.1 Å². The van der Waals surface area contributed by atoms with Crippen LogP contribution in [0.5, 0.6) is 11.5 Å². The molecule has 1 unspecified atom stereocenters. The summed E-state index contributed by atoms with van der Waals surface area (Å²) in [6.07, 6.45) is 2.01. The van der Waals surface area contributed by atoms with E-state index in [4.69, 9.17) is 15.2 Å². The monoisotopic (exact) mass is 492 g/mol. The van der Waals surface area contributed by atoms with E-state index in [-0.39, 0.29) is 11.8 Å². The zero-order chi connectivity index (χ0) is 22.0. The second-order valence-electron chi connectivity index (χ2n) is 6.79. The van der Waals surface area contributed by atoms with Crippen LogP contribution in [0.3, 0.4) is 0 Å². The molecule has 4 rings (SSSR count). The number of halogens is 1. The topological polar surface area (TPSA) is 85.3 Å². The van der Waals surface area contributed by atoms with Gasteiger partial charge in [0, 0.05) is 21.0 Å². The molecule has 154 valence electrons. The first-order valence-electron chi connectivity index (χ1n) is 9.33. The predicted molar refractivity (Wildman–Crippen MR) is 123 cm³/mol. The lowest BCUT2D eigenvalue weighted by Gasteiger charge is -2.26. The van der Waals surface area contributed by atoms with Gasteiger partial charge in [0.2, 0.25) is 5.88 Å². The van der Waals surface area contributed by atoms with Gasteiger partial charge in [0.1, 0.15) is 23.1 Å².